The Morgan fingerprint density at radius 3 is 2.11 bits per heavy atom. The Morgan fingerprint density at radius 2 is 1.37 bits per heavy atom. The van der Waals surface area contributed by atoms with Crippen molar-refractivity contribution in [3.05, 3.63) is 54.6 Å². The summed E-state index contributed by atoms with van der Waals surface area (Å²) in [5.41, 5.74) is 1.80. The number of para-hydroxylation sites is 2. The van der Waals surface area contributed by atoms with E-state index in [4.69, 9.17) is 0 Å². The van der Waals surface area contributed by atoms with E-state index in [0.29, 0.717) is 11.4 Å². The maximum absolute atomic E-state index is 13.2. The van der Waals surface area contributed by atoms with Crippen LogP contribution < -0.4 is 9.21 Å². The van der Waals surface area contributed by atoms with Crippen LogP contribution in [-0.2, 0) is 10.0 Å². The summed E-state index contributed by atoms with van der Waals surface area (Å²) in [5, 5.41) is 0. The summed E-state index contributed by atoms with van der Waals surface area (Å²) < 4.78 is 27.9. The monoisotopic (exact) mass is 385 g/mol. The quantitative estimate of drug-likeness (QED) is 0.793. The molecule has 2 aromatic rings. The van der Waals surface area contributed by atoms with Gasteiger partial charge in [0, 0.05) is 19.6 Å². The zero-order chi connectivity index (χ0) is 18.7. The number of anilines is 2. The highest BCUT2D eigenvalue weighted by atomic mass is 32.2. The van der Waals surface area contributed by atoms with Crippen molar-refractivity contribution in [1.82, 2.24) is 4.90 Å². The second-order valence-corrected chi connectivity index (χ2v) is 9.13. The van der Waals surface area contributed by atoms with E-state index >= 15 is 0 Å². The predicted molar refractivity (Wildman–Crippen MR) is 110 cm³/mol. The van der Waals surface area contributed by atoms with E-state index in [1.165, 1.54) is 32.4 Å². The van der Waals surface area contributed by atoms with Crippen molar-refractivity contribution in [2.75, 3.05) is 48.5 Å². The Labute approximate surface area is 162 Å². The van der Waals surface area contributed by atoms with Gasteiger partial charge in [-0.3, -0.25) is 4.31 Å². The van der Waals surface area contributed by atoms with Gasteiger partial charge in [-0.1, -0.05) is 36.8 Å². The Morgan fingerprint density at radius 1 is 0.704 bits per heavy atom. The van der Waals surface area contributed by atoms with Crippen LogP contribution in [0, 0.1) is 0 Å². The average Bonchev–Trinajstić information content (AvgIpc) is 2.73. The molecule has 0 amide bonds. The molecule has 0 spiro atoms. The summed E-state index contributed by atoms with van der Waals surface area (Å²) in [5.74, 6) is 0. The Balaban J connectivity index is 1.56. The molecule has 0 unspecified atom stereocenters. The molecule has 0 saturated carbocycles. The van der Waals surface area contributed by atoms with Crippen LogP contribution in [0.15, 0.2) is 59.5 Å². The van der Waals surface area contributed by atoms with Gasteiger partial charge in [-0.15, -0.1) is 0 Å². The lowest BCUT2D eigenvalue weighted by atomic mass is 10.1. The van der Waals surface area contributed by atoms with Gasteiger partial charge >= 0.3 is 0 Å². The molecule has 0 aliphatic carbocycles. The number of sulfonamides is 1. The smallest absolute Gasteiger partial charge is 0.264 e. The molecule has 4 rings (SSSR count). The van der Waals surface area contributed by atoms with Crippen LogP contribution in [0.1, 0.15) is 19.3 Å². The Hall–Kier alpha value is -2.05. The Bertz CT molecular complexity index is 864. The molecule has 2 aliphatic heterocycles. The van der Waals surface area contributed by atoms with Crippen molar-refractivity contribution in [1.29, 1.82) is 0 Å². The van der Waals surface area contributed by atoms with E-state index in [2.05, 4.69) is 9.80 Å². The van der Waals surface area contributed by atoms with Crippen molar-refractivity contribution in [2.24, 2.45) is 0 Å². The van der Waals surface area contributed by atoms with E-state index < -0.39 is 10.0 Å². The van der Waals surface area contributed by atoms with Crippen molar-refractivity contribution < 1.29 is 8.42 Å². The summed E-state index contributed by atoms with van der Waals surface area (Å²) in [7, 11) is -3.54. The van der Waals surface area contributed by atoms with Crippen LogP contribution in [0.3, 0.4) is 0 Å². The second-order valence-electron chi connectivity index (χ2n) is 7.27. The number of piperidine rings is 1. The van der Waals surface area contributed by atoms with Gasteiger partial charge in [0.15, 0.2) is 0 Å². The summed E-state index contributed by atoms with van der Waals surface area (Å²) in [4.78, 5) is 5.21. The van der Waals surface area contributed by atoms with Crippen molar-refractivity contribution in [2.45, 2.75) is 24.2 Å². The molecule has 27 heavy (non-hydrogen) atoms. The fraction of sp³-hybridized carbons (Fsp3) is 0.429. The minimum Gasteiger partial charge on any atom is -0.367 e. The standard InChI is InChI=1S/C21H27N3O2S/c25-27(26,19-9-3-1-4-10-19)24-18-17-23(20-11-5-6-12-21(20)24)16-15-22-13-7-2-8-14-22/h1,3-6,9-12H,2,7-8,13-18H2. The minimum atomic E-state index is -3.54. The zero-order valence-electron chi connectivity index (χ0n) is 15.6. The van der Waals surface area contributed by atoms with E-state index in [1.54, 1.807) is 28.6 Å². The largest absolute Gasteiger partial charge is 0.367 e. The lowest BCUT2D eigenvalue weighted by Gasteiger charge is -2.39. The number of hydrogen-bond donors (Lipinski definition) is 0. The molecule has 0 bridgehead atoms. The molecule has 144 valence electrons. The SMILES string of the molecule is O=S(=O)(c1ccccc1)N1CCN(CCN2CCCCC2)c2ccccc21. The van der Waals surface area contributed by atoms with Gasteiger partial charge in [0.05, 0.1) is 22.8 Å². The summed E-state index contributed by atoms with van der Waals surface area (Å²) in [6, 6.07) is 16.6. The first-order valence-corrected chi connectivity index (χ1v) is 11.2. The molecule has 6 heteroatoms. The normalized spacial score (nSPS) is 18.4. The van der Waals surface area contributed by atoms with Crippen LogP contribution in [0.5, 0.6) is 0 Å². The van der Waals surface area contributed by atoms with Gasteiger partial charge in [0.1, 0.15) is 0 Å². The highest BCUT2D eigenvalue weighted by Crippen LogP contribution is 2.36. The third-order valence-corrected chi connectivity index (χ3v) is 7.36. The molecule has 2 heterocycles. The van der Waals surface area contributed by atoms with E-state index in [9.17, 15) is 8.42 Å². The fourth-order valence-electron chi connectivity index (χ4n) is 4.04. The molecule has 2 aromatic carbocycles. The molecule has 0 N–H and O–H groups in total. The highest BCUT2D eigenvalue weighted by Gasteiger charge is 2.31. The number of benzene rings is 2. The number of rotatable bonds is 5. The first kappa shape index (κ1) is 18.3. The van der Waals surface area contributed by atoms with Gasteiger partial charge in [-0.2, -0.15) is 0 Å². The van der Waals surface area contributed by atoms with E-state index in [-0.39, 0.29) is 0 Å². The lowest BCUT2D eigenvalue weighted by molar-refractivity contribution is 0.233. The van der Waals surface area contributed by atoms with Crippen LogP contribution in [0.4, 0.5) is 11.4 Å². The third kappa shape index (κ3) is 3.82. The molecule has 5 nitrogen and oxygen atoms in total. The first-order chi connectivity index (χ1) is 13.2. The molecule has 0 radical (unpaired) electrons. The van der Waals surface area contributed by atoms with Gasteiger partial charge in [0.25, 0.3) is 10.0 Å². The van der Waals surface area contributed by atoms with Crippen molar-refractivity contribution >= 4 is 21.4 Å². The molecular weight excluding hydrogens is 358 g/mol. The molecule has 1 fully saturated rings. The number of hydrogen-bond acceptors (Lipinski definition) is 4. The van der Waals surface area contributed by atoms with Gasteiger partial charge in [-0.05, 0) is 50.2 Å². The maximum Gasteiger partial charge on any atom is 0.264 e. The van der Waals surface area contributed by atoms with E-state index in [1.807, 2.05) is 30.3 Å². The van der Waals surface area contributed by atoms with E-state index in [0.717, 1.165) is 31.0 Å². The average molecular weight is 386 g/mol. The molecule has 2 aliphatic rings. The zero-order valence-corrected chi connectivity index (χ0v) is 16.4. The summed E-state index contributed by atoms with van der Waals surface area (Å²) in [6.07, 6.45) is 3.93. The molecule has 0 aromatic heterocycles. The number of fused-ring (bicyclic) bond motifs is 1. The third-order valence-electron chi connectivity index (χ3n) is 5.53. The van der Waals surface area contributed by atoms with Gasteiger partial charge < -0.3 is 9.80 Å². The first-order valence-electron chi connectivity index (χ1n) is 9.80. The summed E-state index contributed by atoms with van der Waals surface area (Å²) >= 11 is 0. The van der Waals surface area contributed by atoms with Crippen LogP contribution >= 0.6 is 0 Å². The summed E-state index contributed by atoms with van der Waals surface area (Å²) in [6.45, 7) is 5.55. The van der Waals surface area contributed by atoms with Crippen LogP contribution in [-0.4, -0.2) is 52.6 Å². The number of nitrogens with zero attached hydrogens (tertiary/aromatic N) is 3. The van der Waals surface area contributed by atoms with Crippen molar-refractivity contribution in [3.63, 3.8) is 0 Å². The lowest BCUT2D eigenvalue weighted by Crippen LogP contribution is -2.46. The number of likely N-dealkylation sites (tertiary alicyclic amines) is 1. The fourth-order valence-corrected chi connectivity index (χ4v) is 5.53. The topological polar surface area (TPSA) is 43.9 Å². The highest BCUT2D eigenvalue weighted by molar-refractivity contribution is 7.92. The van der Waals surface area contributed by atoms with Crippen molar-refractivity contribution in [3.8, 4) is 0 Å². The van der Waals surface area contributed by atoms with Crippen LogP contribution in [0.2, 0.25) is 0 Å². The van der Waals surface area contributed by atoms with Gasteiger partial charge in [-0.25, -0.2) is 8.42 Å². The maximum atomic E-state index is 13.2. The molecule has 1 saturated heterocycles. The second kappa shape index (κ2) is 7.90. The Kier molecular flexibility index (Phi) is 5.36. The predicted octanol–water partition coefficient (Wildman–Crippen LogP) is 3.19. The van der Waals surface area contributed by atoms with Crippen LogP contribution in [0.25, 0.3) is 0 Å². The minimum absolute atomic E-state index is 0.349. The van der Waals surface area contributed by atoms with Gasteiger partial charge in [0.2, 0.25) is 0 Å². The molecule has 0 atom stereocenters. The molecular formula is C21H27N3O2S.